The lowest BCUT2D eigenvalue weighted by Crippen LogP contribution is -2.37. The molecule has 0 bridgehead atoms. The lowest BCUT2D eigenvalue weighted by atomic mass is 10.3. The van der Waals surface area contributed by atoms with Gasteiger partial charge in [0.25, 0.3) is 5.91 Å². The first-order chi connectivity index (χ1) is 7.56. The average Bonchev–Trinajstić information content (AvgIpc) is 2.28. The van der Waals surface area contributed by atoms with Gasteiger partial charge in [0.1, 0.15) is 5.82 Å². The van der Waals surface area contributed by atoms with Crippen LogP contribution in [0.3, 0.4) is 0 Å². The van der Waals surface area contributed by atoms with Gasteiger partial charge in [0.2, 0.25) is 0 Å². The summed E-state index contributed by atoms with van der Waals surface area (Å²) in [5, 5.41) is 7.43. The quantitative estimate of drug-likeness (QED) is 0.846. The van der Waals surface area contributed by atoms with E-state index in [4.69, 9.17) is 5.73 Å². The van der Waals surface area contributed by atoms with Crippen molar-refractivity contribution in [3.05, 3.63) is 17.8 Å². The van der Waals surface area contributed by atoms with Crippen LogP contribution in [0.15, 0.2) is 12.1 Å². The number of amides is 1. The lowest BCUT2D eigenvalue weighted by Gasteiger charge is -2.23. The van der Waals surface area contributed by atoms with Gasteiger partial charge in [-0.15, -0.1) is 10.2 Å². The molecular formula is C10H16N4OS. The molecular weight excluding hydrogens is 224 g/mol. The van der Waals surface area contributed by atoms with E-state index in [1.807, 2.05) is 13.2 Å². The molecule has 0 saturated carbocycles. The molecule has 0 spiro atoms. The third kappa shape index (κ3) is 3.10. The van der Waals surface area contributed by atoms with Gasteiger partial charge < -0.3 is 10.6 Å². The Morgan fingerprint density at radius 3 is 2.75 bits per heavy atom. The SMILES string of the molecule is CSCC(C)N(C)C(=O)c1ccc(N)nn1. The maximum atomic E-state index is 11.9. The summed E-state index contributed by atoms with van der Waals surface area (Å²) in [4.78, 5) is 13.6. The maximum Gasteiger partial charge on any atom is 0.274 e. The number of carbonyl (C=O) groups is 1. The van der Waals surface area contributed by atoms with Gasteiger partial charge in [0, 0.05) is 18.8 Å². The number of hydrogen-bond acceptors (Lipinski definition) is 5. The highest BCUT2D eigenvalue weighted by Crippen LogP contribution is 2.08. The zero-order chi connectivity index (χ0) is 12.1. The van der Waals surface area contributed by atoms with E-state index in [2.05, 4.69) is 10.2 Å². The number of nitrogens with two attached hydrogens (primary N) is 1. The minimum atomic E-state index is -0.131. The first-order valence-electron chi connectivity index (χ1n) is 4.91. The zero-order valence-electron chi connectivity index (χ0n) is 9.67. The molecule has 5 nitrogen and oxygen atoms in total. The molecule has 0 saturated heterocycles. The van der Waals surface area contributed by atoms with Gasteiger partial charge >= 0.3 is 0 Å². The molecule has 16 heavy (non-hydrogen) atoms. The summed E-state index contributed by atoms with van der Waals surface area (Å²) in [7, 11) is 1.77. The fourth-order valence-electron chi connectivity index (χ4n) is 1.19. The number of carbonyl (C=O) groups excluding carboxylic acids is 1. The molecule has 1 rings (SSSR count). The van der Waals surface area contributed by atoms with Crippen molar-refractivity contribution >= 4 is 23.5 Å². The first-order valence-corrected chi connectivity index (χ1v) is 6.31. The Kier molecular flexibility index (Phi) is 4.54. The lowest BCUT2D eigenvalue weighted by molar-refractivity contribution is 0.0750. The second-order valence-electron chi connectivity index (χ2n) is 3.56. The van der Waals surface area contributed by atoms with Crippen LogP contribution < -0.4 is 5.73 Å². The molecule has 0 aliphatic heterocycles. The maximum absolute atomic E-state index is 11.9. The summed E-state index contributed by atoms with van der Waals surface area (Å²) in [6, 6.07) is 3.34. The van der Waals surface area contributed by atoms with Crippen molar-refractivity contribution in [2.75, 3.05) is 24.8 Å². The molecule has 0 fully saturated rings. The Labute approximate surface area is 99.4 Å². The Morgan fingerprint density at radius 1 is 1.56 bits per heavy atom. The monoisotopic (exact) mass is 240 g/mol. The van der Waals surface area contributed by atoms with Gasteiger partial charge in [0.05, 0.1) is 0 Å². The second kappa shape index (κ2) is 5.69. The minimum Gasteiger partial charge on any atom is -0.382 e. The van der Waals surface area contributed by atoms with Crippen molar-refractivity contribution in [2.24, 2.45) is 0 Å². The van der Waals surface area contributed by atoms with Crippen LogP contribution in [0.1, 0.15) is 17.4 Å². The molecule has 1 unspecified atom stereocenters. The van der Waals surface area contributed by atoms with Gasteiger partial charge in [0.15, 0.2) is 5.69 Å². The van der Waals surface area contributed by atoms with E-state index in [1.165, 1.54) is 0 Å². The van der Waals surface area contributed by atoms with Crippen LogP contribution in [-0.4, -0.2) is 46.1 Å². The Bertz CT molecular complexity index is 354. The van der Waals surface area contributed by atoms with E-state index < -0.39 is 0 Å². The van der Waals surface area contributed by atoms with Crippen LogP contribution in [-0.2, 0) is 0 Å². The standard InChI is InChI=1S/C10H16N4OS/c1-7(6-16-3)14(2)10(15)8-4-5-9(11)13-12-8/h4-5,7H,6H2,1-3H3,(H2,11,13). The highest BCUT2D eigenvalue weighted by atomic mass is 32.2. The van der Waals surface area contributed by atoms with Crippen LogP contribution in [0, 0.1) is 0 Å². The Hall–Kier alpha value is -1.30. The fourth-order valence-corrected chi connectivity index (χ4v) is 1.90. The number of thioether (sulfide) groups is 1. The van der Waals surface area contributed by atoms with E-state index in [1.54, 1.807) is 35.8 Å². The van der Waals surface area contributed by atoms with Gasteiger partial charge in [-0.05, 0) is 25.3 Å². The Morgan fingerprint density at radius 2 is 2.25 bits per heavy atom. The van der Waals surface area contributed by atoms with E-state index in [0.717, 1.165) is 5.75 Å². The Balaban J connectivity index is 2.73. The first kappa shape index (κ1) is 12.8. The zero-order valence-corrected chi connectivity index (χ0v) is 10.5. The molecule has 6 heteroatoms. The smallest absolute Gasteiger partial charge is 0.274 e. The van der Waals surface area contributed by atoms with E-state index in [9.17, 15) is 4.79 Å². The fraction of sp³-hybridized carbons (Fsp3) is 0.500. The van der Waals surface area contributed by atoms with Crippen molar-refractivity contribution in [2.45, 2.75) is 13.0 Å². The highest BCUT2D eigenvalue weighted by molar-refractivity contribution is 7.98. The molecule has 0 radical (unpaired) electrons. The number of rotatable bonds is 4. The van der Waals surface area contributed by atoms with Crippen LogP contribution in [0.4, 0.5) is 5.82 Å². The number of hydrogen-bond donors (Lipinski definition) is 1. The molecule has 1 atom stereocenters. The molecule has 0 aliphatic rings. The number of nitrogens with zero attached hydrogens (tertiary/aromatic N) is 3. The second-order valence-corrected chi connectivity index (χ2v) is 4.47. The minimum absolute atomic E-state index is 0.131. The number of nitrogen functional groups attached to an aromatic ring is 1. The molecule has 88 valence electrons. The van der Waals surface area contributed by atoms with Crippen LogP contribution in [0.2, 0.25) is 0 Å². The number of anilines is 1. The van der Waals surface area contributed by atoms with E-state index in [-0.39, 0.29) is 11.9 Å². The van der Waals surface area contributed by atoms with Crippen LogP contribution in [0.25, 0.3) is 0 Å². The van der Waals surface area contributed by atoms with Gasteiger partial charge in [-0.25, -0.2) is 0 Å². The van der Waals surface area contributed by atoms with Crippen LogP contribution in [0.5, 0.6) is 0 Å². The molecule has 1 heterocycles. The normalized spacial score (nSPS) is 12.2. The van der Waals surface area contributed by atoms with E-state index in [0.29, 0.717) is 11.5 Å². The van der Waals surface area contributed by atoms with Gasteiger partial charge in [-0.1, -0.05) is 0 Å². The molecule has 1 aromatic heterocycles. The molecule has 1 aromatic rings. The van der Waals surface area contributed by atoms with Crippen LogP contribution >= 0.6 is 11.8 Å². The summed E-state index contributed by atoms with van der Waals surface area (Å²) >= 11 is 1.70. The topological polar surface area (TPSA) is 72.1 Å². The van der Waals surface area contributed by atoms with Gasteiger partial charge in [-0.2, -0.15) is 11.8 Å². The van der Waals surface area contributed by atoms with E-state index >= 15 is 0 Å². The molecule has 1 amide bonds. The molecule has 0 aromatic carbocycles. The largest absolute Gasteiger partial charge is 0.382 e. The summed E-state index contributed by atoms with van der Waals surface area (Å²) in [6.45, 7) is 2.00. The van der Waals surface area contributed by atoms with Crippen molar-refractivity contribution in [3.8, 4) is 0 Å². The summed E-state index contributed by atoms with van der Waals surface area (Å²) < 4.78 is 0. The molecule has 0 aliphatic carbocycles. The van der Waals surface area contributed by atoms with Crippen molar-refractivity contribution in [1.82, 2.24) is 15.1 Å². The van der Waals surface area contributed by atoms with Crippen molar-refractivity contribution in [1.29, 1.82) is 0 Å². The highest BCUT2D eigenvalue weighted by Gasteiger charge is 2.18. The van der Waals surface area contributed by atoms with Crippen molar-refractivity contribution < 1.29 is 4.79 Å². The summed E-state index contributed by atoms with van der Waals surface area (Å²) in [5.41, 5.74) is 5.73. The van der Waals surface area contributed by atoms with Crippen molar-refractivity contribution in [3.63, 3.8) is 0 Å². The third-order valence-corrected chi connectivity index (χ3v) is 3.11. The predicted molar refractivity (Wildman–Crippen MR) is 66.4 cm³/mol. The summed E-state index contributed by atoms with van der Waals surface area (Å²) in [5.74, 6) is 1.08. The van der Waals surface area contributed by atoms with Gasteiger partial charge in [-0.3, -0.25) is 4.79 Å². The summed E-state index contributed by atoms with van der Waals surface area (Å²) in [6.07, 6.45) is 2.01. The number of aromatic nitrogens is 2. The predicted octanol–water partition coefficient (Wildman–Crippen LogP) is 0.882. The third-order valence-electron chi connectivity index (χ3n) is 2.29. The molecule has 2 N–H and O–H groups in total. The average molecular weight is 240 g/mol.